The maximum atomic E-state index is 9.85. The van der Waals surface area contributed by atoms with Crippen LogP contribution in [0.5, 0.6) is 0 Å². The second-order valence-corrected chi connectivity index (χ2v) is 7.16. The third-order valence-electron chi connectivity index (χ3n) is 5.18. The Morgan fingerprint density at radius 1 is 1.23 bits per heavy atom. The molecule has 26 heavy (non-hydrogen) atoms. The van der Waals surface area contributed by atoms with Gasteiger partial charge in [0.25, 0.3) is 0 Å². The monoisotopic (exact) mass is 354 g/mol. The second-order valence-electron chi connectivity index (χ2n) is 7.16. The quantitative estimate of drug-likeness (QED) is 0.845. The molecular formula is C19H26N6O. The first kappa shape index (κ1) is 17.1. The smallest absolute Gasteiger partial charge is 0.224 e. The van der Waals surface area contributed by atoms with Crippen LogP contribution in [0.3, 0.4) is 0 Å². The van der Waals surface area contributed by atoms with Gasteiger partial charge in [0, 0.05) is 43.6 Å². The lowest BCUT2D eigenvalue weighted by Gasteiger charge is -2.31. The number of hydrogen-bond acceptors (Lipinski definition) is 7. The molecule has 1 unspecified atom stereocenters. The van der Waals surface area contributed by atoms with E-state index in [2.05, 4.69) is 32.1 Å². The van der Waals surface area contributed by atoms with Crippen molar-refractivity contribution in [1.82, 2.24) is 19.9 Å². The first-order valence-corrected chi connectivity index (χ1v) is 9.54. The van der Waals surface area contributed by atoms with Crippen LogP contribution in [0.25, 0.3) is 0 Å². The number of hydrogen-bond donors (Lipinski definition) is 2. The Balaban J connectivity index is 1.36. The fourth-order valence-corrected chi connectivity index (χ4v) is 3.85. The van der Waals surface area contributed by atoms with E-state index < -0.39 is 0 Å². The highest BCUT2D eigenvalue weighted by Crippen LogP contribution is 2.22. The van der Waals surface area contributed by atoms with E-state index in [1.165, 1.54) is 17.7 Å². The predicted molar refractivity (Wildman–Crippen MR) is 100 cm³/mol. The van der Waals surface area contributed by atoms with Crippen LogP contribution in [0.1, 0.15) is 42.0 Å². The van der Waals surface area contributed by atoms with Gasteiger partial charge >= 0.3 is 0 Å². The third kappa shape index (κ3) is 3.77. The van der Waals surface area contributed by atoms with Crippen LogP contribution < -0.4 is 10.2 Å². The summed E-state index contributed by atoms with van der Waals surface area (Å²) in [6, 6.07) is 1.90. The molecule has 2 aromatic heterocycles. The zero-order chi connectivity index (χ0) is 17.9. The van der Waals surface area contributed by atoms with Crippen LogP contribution in [-0.4, -0.2) is 50.8 Å². The van der Waals surface area contributed by atoms with Crippen molar-refractivity contribution in [2.24, 2.45) is 0 Å². The largest absolute Gasteiger partial charge is 0.391 e. The van der Waals surface area contributed by atoms with Crippen molar-refractivity contribution >= 4 is 11.8 Å². The molecule has 7 heteroatoms. The zero-order valence-corrected chi connectivity index (χ0v) is 15.3. The maximum Gasteiger partial charge on any atom is 0.224 e. The summed E-state index contributed by atoms with van der Waals surface area (Å²) in [7, 11) is 0. The number of β-amino-alcohol motifs (C(OH)–C–C–N with tert-alkyl or cyclic N) is 1. The summed E-state index contributed by atoms with van der Waals surface area (Å²) >= 11 is 0. The standard InChI is InChI=1S/C19H26N6O/c1-13-15-5-2-6-16(15)23-17(22-13)7-9-20-19-21-10-8-18(24-19)25-11-3-4-14(26)12-25/h8,10,14,26H,2-7,9,11-12H2,1H3,(H,20,21,24). The molecule has 0 spiro atoms. The Hall–Kier alpha value is -2.28. The van der Waals surface area contributed by atoms with Gasteiger partial charge in [-0.25, -0.2) is 15.0 Å². The number of aryl methyl sites for hydroxylation is 2. The van der Waals surface area contributed by atoms with E-state index >= 15 is 0 Å². The molecule has 1 atom stereocenters. The summed E-state index contributed by atoms with van der Waals surface area (Å²) in [4.78, 5) is 20.4. The second kappa shape index (κ2) is 7.53. The molecule has 1 fully saturated rings. The van der Waals surface area contributed by atoms with Gasteiger partial charge in [-0.05, 0) is 50.7 Å². The van der Waals surface area contributed by atoms with Gasteiger partial charge in [-0.1, -0.05) is 0 Å². The molecule has 1 saturated heterocycles. The number of aliphatic hydroxyl groups excluding tert-OH is 1. The van der Waals surface area contributed by atoms with Crippen molar-refractivity contribution in [2.45, 2.75) is 51.6 Å². The topological polar surface area (TPSA) is 87.1 Å². The molecule has 0 radical (unpaired) electrons. The van der Waals surface area contributed by atoms with E-state index in [1.807, 2.05) is 6.07 Å². The molecule has 0 saturated carbocycles. The Morgan fingerprint density at radius 2 is 2.15 bits per heavy atom. The Labute approximate surface area is 153 Å². The number of aromatic nitrogens is 4. The number of aliphatic hydroxyl groups is 1. The van der Waals surface area contributed by atoms with E-state index in [0.29, 0.717) is 19.0 Å². The number of piperidine rings is 1. The van der Waals surface area contributed by atoms with Crippen LogP contribution in [0.2, 0.25) is 0 Å². The van der Waals surface area contributed by atoms with Crippen LogP contribution in [0.15, 0.2) is 12.3 Å². The van der Waals surface area contributed by atoms with Gasteiger partial charge in [0.15, 0.2) is 0 Å². The van der Waals surface area contributed by atoms with Crippen molar-refractivity contribution in [3.8, 4) is 0 Å². The van der Waals surface area contributed by atoms with E-state index in [4.69, 9.17) is 4.98 Å². The minimum absolute atomic E-state index is 0.268. The molecule has 2 aliphatic rings. The highest BCUT2D eigenvalue weighted by molar-refractivity contribution is 5.43. The van der Waals surface area contributed by atoms with Crippen molar-refractivity contribution in [1.29, 1.82) is 0 Å². The number of fused-ring (bicyclic) bond motifs is 1. The molecular weight excluding hydrogens is 328 g/mol. The van der Waals surface area contributed by atoms with Gasteiger partial charge in [-0.15, -0.1) is 0 Å². The summed E-state index contributed by atoms with van der Waals surface area (Å²) in [6.07, 6.45) is 7.49. The lowest BCUT2D eigenvalue weighted by molar-refractivity contribution is 0.154. The van der Waals surface area contributed by atoms with Gasteiger partial charge in [-0.3, -0.25) is 0 Å². The van der Waals surface area contributed by atoms with E-state index in [1.54, 1.807) is 6.20 Å². The van der Waals surface area contributed by atoms with Gasteiger partial charge in [0.2, 0.25) is 5.95 Å². The molecule has 4 rings (SSSR count). The zero-order valence-electron chi connectivity index (χ0n) is 15.3. The van der Waals surface area contributed by atoms with Crippen LogP contribution >= 0.6 is 0 Å². The third-order valence-corrected chi connectivity index (χ3v) is 5.18. The molecule has 1 aliphatic carbocycles. The van der Waals surface area contributed by atoms with Crippen molar-refractivity contribution in [2.75, 3.05) is 29.9 Å². The number of nitrogens with zero attached hydrogens (tertiary/aromatic N) is 5. The number of nitrogens with one attached hydrogen (secondary N) is 1. The SMILES string of the molecule is Cc1nc(CCNc2nccc(N3CCCC(O)C3)n2)nc2c1CCC2. The predicted octanol–water partition coefficient (Wildman–Crippen LogP) is 1.68. The fraction of sp³-hybridized carbons (Fsp3) is 0.579. The van der Waals surface area contributed by atoms with Crippen molar-refractivity contribution in [3.05, 3.63) is 35.0 Å². The van der Waals surface area contributed by atoms with Gasteiger partial charge in [-0.2, -0.15) is 4.98 Å². The molecule has 1 aliphatic heterocycles. The summed E-state index contributed by atoms with van der Waals surface area (Å²) in [5.41, 5.74) is 3.71. The summed E-state index contributed by atoms with van der Waals surface area (Å²) in [5, 5.41) is 13.1. The Kier molecular flexibility index (Phi) is 4.97. The van der Waals surface area contributed by atoms with E-state index in [0.717, 1.165) is 56.0 Å². The first-order valence-electron chi connectivity index (χ1n) is 9.54. The van der Waals surface area contributed by atoms with Crippen LogP contribution in [-0.2, 0) is 19.3 Å². The molecule has 2 aromatic rings. The maximum absolute atomic E-state index is 9.85. The van der Waals surface area contributed by atoms with Gasteiger partial charge in [0.05, 0.1) is 6.10 Å². The molecule has 0 aromatic carbocycles. The molecule has 0 bridgehead atoms. The first-order chi connectivity index (χ1) is 12.7. The molecule has 138 valence electrons. The van der Waals surface area contributed by atoms with Crippen molar-refractivity contribution < 1.29 is 5.11 Å². The highest BCUT2D eigenvalue weighted by atomic mass is 16.3. The van der Waals surface area contributed by atoms with Crippen molar-refractivity contribution in [3.63, 3.8) is 0 Å². The highest BCUT2D eigenvalue weighted by Gasteiger charge is 2.19. The van der Waals surface area contributed by atoms with Gasteiger partial charge < -0.3 is 15.3 Å². The lowest BCUT2D eigenvalue weighted by Crippen LogP contribution is -2.38. The van der Waals surface area contributed by atoms with Gasteiger partial charge in [0.1, 0.15) is 11.6 Å². The normalized spacial score (nSPS) is 19.5. The summed E-state index contributed by atoms with van der Waals surface area (Å²) in [5.74, 6) is 2.37. The van der Waals surface area contributed by atoms with E-state index in [9.17, 15) is 5.11 Å². The molecule has 3 heterocycles. The lowest BCUT2D eigenvalue weighted by atomic mass is 10.1. The Morgan fingerprint density at radius 3 is 3.04 bits per heavy atom. The minimum atomic E-state index is -0.268. The van der Waals surface area contributed by atoms with Crippen LogP contribution in [0.4, 0.5) is 11.8 Å². The Bertz CT molecular complexity index is 781. The number of anilines is 2. The fourth-order valence-electron chi connectivity index (χ4n) is 3.85. The molecule has 0 amide bonds. The summed E-state index contributed by atoms with van der Waals surface area (Å²) in [6.45, 7) is 4.35. The summed E-state index contributed by atoms with van der Waals surface area (Å²) < 4.78 is 0. The van der Waals surface area contributed by atoms with E-state index in [-0.39, 0.29) is 6.10 Å². The molecule has 2 N–H and O–H groups in total. The average molecular weight is 354 g/mol. The molecule has 7 nitrogen and oxygen atoms in total. The minimum Gasteiger partial charge on any atom is -0.391 e. The number of rotatable bonds is 5. The van der Waals surface area contributed by atoms with Crippen LogP contribution in [0, 0.1) is 6.92 Å². The average Bonchev–Trinajstić information content (AvgIpc) is 3.11.